The summed E-state index contributed by atoms with van der Waals surface area (Å²) in [6, 6.07) is 0. The first kappa shape index (κ1) is 12.8. The zero-order valence-electron chi connectivity index (χ0n) is 9.42. The highest BCUT2D eigenvalue weighted by molar-refractivity contribution is 7.80. The topological polar surface area (TPSA) is 75.3 Å². The second kappa shape index (κ2) is 5.72. The third kappa shape index (κ3) is 3.39. The molecule has 1 atom stereocenters. The van der Waals surface area contributed by atoms with Gasteiger partial charge in [0, 0.05) is 26.0 Å². The van der Waals surface area contributed by atoms with Gasteiger partial charge in [-0.25, -0.2) is 9.97 Å². The molecule has 6 heteroatoms. The molecule has 3 N–H and O–H groups in total. The van der Waals surface area contributed by atoms with Crippen LogP contribution in [0.4, 0.5) is 5.82 Å². The molecule has 16 heavy (non-hydrogen) atoms. The van der Waals surface area contributed by atoms with E-state index >= 15 is 0 Å². The maximum atomic E-state index is 9.21. The number of nitrogens with zero attached hydrogens (tertiary/aromatic N) is 3. The fourth-order valence-corrected chi connectivity index (χ4v) is 1.41. The Labute approximate surface area is 100 Å². The lowest BCUT2D eigenvalue weighted by Crippen LogP contribution is -2.26. The fourth-order valence-electron chi connectivity index (χ4n) is 1.27. The molecule has 88 valence electrons. The van der Waals surface area contributed by atoms with Crippen LogP contribution in [0.3, 0.4) is 0 Å². The van der Waals surface area contributed by atoms with Crippen LogP contribution in [0.1, 0.15) is 19.0 Å². The average molecular weight is 240 g/mol. The second-order valence-corrected chi connectivity index (χ2v) is 4.09. The number of hydrogen-bond acceptors (Lipinski definition) is 5. The lowest BCUT2D eigenvalue weighted by Gasteiger charge is -2.20. The molecule has 0 spiro atoms. The predicted octanol–water partition coefficient (Wildman–Crippen LogP) is 0.318. The first-order chi connectivity index (χ1) is 7.52. The largest absolute Gasteiger partial charge is 0.393 e. The molecular weight excluding hydrogens is 224 g/mol. The van der Waals surface area contributed by atoms with E-state index in [0.717, 1.165) is 0 Å². The molecule has 5 nitrogen and oxygen atoms in total. The van der Waals surface area contributed by atoms with Gasteiger partial charge in [0.15, 0.2) is 5.82 Å². The minimum absolute atomic E-state index is 0.229. The minimum atomic E-state index is -0.340. The van der Waals surface area contributed by atoms with Crippen LogP contribution < -0.4 is 10.6 Å². The van der Waals surface area contributed by atoms with Crippen molar-refractivity contribution in [1.82, 2.24) is 9.97 Å². The van der Waals surface area contributed by atoms with Crippen LogP contribution in [0, 0.1) is 0 Å². The summed E-state index contributed by atoms with van der Waals surface area (Å²) in [4.78, 5) is 10.4. The lowest BCUT2D eigenvalue weighted by atomic mass is 10.2. The van der Waals surface area contributed by atoms with Gasteiger partial charge >= 0.3 is 0 Å². The lowest BCUT2D eigenvalue weighted by molar-refractivity contribution is 0.187. The van der Waals surface area contributed by atoms with Crippen molar-refractivity contribution >= 4 is 23.0 Å². The van der Waals surface area contributed by atoms with Crippen molar-refractivity contribution in [2.24, 2.45) is 5.73 Å². The van der Waals surface area contributed by atoms with Crippen LogP contribution in [-0.2, 0) is 0 Å². The van der Waals surface area contributed by atoms with Crippen LogP contribution >= 0.6 is 12.2 Å². The highest BCUT2D eigenvalue weighted by Gasteiger charge is 2.12. The van der Waals surface area contributed by atoms with E-state index in [9.17, 15) is 5.11 Å². The van der Waals surface area contributed by atoms with E-state index in [2.05, 4.69) is 9.97 Å². The van der Waals surface area contributed by atoms with Crippen LogP contribution in [0.5, 0.6) is 0 Å². The van der Waals surface area contributed by atoms with Crippen molar-refractivity contribution in [1.29, 1.82) is 0 Å². The van der Waals surface area contributed by atoms with Gasteiger partial charge in [0.05, 0.1) is 6.10 Å². The number of aromatic nitrogens is 2. The Bertz CT molecular complexity index is 370. The summed E-state index contributed by atoms with van der Waals surface area (Å²) < 4.78 is 0. The Morgan fingerprint density at radius 2 is 2.19 bits per heavy atom. The van der Waals surface area contributed by atoms with Crippen molar-refractivity contribution in [2.45, 2.75) is 19.4 Å². The Morgan fingerprint density at radius 1 is 1.56 bits per heavy atom. The van der Waals surface area contributed by atoms with Gasteiger partial charge in [-0.05, 0) is 13.3 Å². The molecule has 0 aliphatic rings. The number of anilines is 1. The highest BCUT2D eigenvalue weighted by atomic mass is 32.1. The standard InChI is InChI=1S/C10H16N4OS/c1-7(15)3-6-14(2)10-8(9(11)16)12-4-5-13-10/h4-5,7,15H,3,6H2,1-2H3,(H2,11,16). The normalized spacial score (nSPS) is 12.2. The molecule has 0 aromatic carbocycles. The molecule has 0 saturated heterocycles. The molecule has 0 amide bonds. The zero-order valence-corrected chi connectivity index (χ0v) is 10.2. The molecule has 0 aliphatic carbocycles. The van der Waals surface area contributed by atoms with Crippen molar-refractivity contribution in [3.8, 4) is 0 Å². The van der Waals surface area contributed by atoms with Crippen LogP contribution in [0.15, 0.2) is 12.4 Å². The Balaban J connectivity index is 2.82. The molecule has 0 saturated carbocycles. The third-order valence-electron chi connectivity index (χ3n) is 2.16. The Hall–Kier alpha value is -1.27. The molecule has 1 unspecified atom stereocenters. The third-order valence-corrected chi connectivity index (χ3v) is 2.35. The monoisotopic (exact) mass is 240 g/mol. The smallest absolute Gasteiger partial charge is 0.157 e. The van der Waals surface area contributed by atoms with Gasteiger partial charge in [0.25, 0.3) is 0 Å². The van der Waals surface area contributed by atoms with E-state index in [4.69, 9.17) is 18.0 Å². The summed E-state index contributed by atoms with van der Waals surface area (Å²) in [5.74, 6) is 0.649. The van der Waals surface area contributed by atoms with Gasteiger partial charge in [-0.2, -0.15) is 0 Å². The fraction of sp³-hybridized carbons (Fsp3) is 0.500. The molecule has 1 aromatic heterocycles. The molecular formula is C10H16N4OS. The summed E-state index contributed by atoms with van der Waals surface area (Å²) in [6.07, 6.45) is 3.47. The molecule has 1 heterocycles. The van der Waals surface area contributed by atoms with Crippen molar-refractivity contribution < 1.29 is 5.11 Å². The number of hydrogen-bond donors (Lipinski definition) is 2. The van der Waals surface area contributed by atoms with Gasteiger partial charge < -0.3 is 15.7 Å². The van der Waals surface area contributed by atoms with Crippen LogP contribution in [0.25, 0.3) is 0 Å². The first-order valence-electron chi connectivity index (χ1n) is 5.02. The molecule has 1 rings (SSSR count). The summed E-state index contributed by atoms with van der Waals surface area (Å²) >= 11 is 4.90. The van der Waals surface area contributed by atoms with Crippen molar-refractivity contribution in [3.05, 3.63) is 18.1 Å². The van der Waals surface area contributed by atoms with Gasteiger partial charge in [0.1, 0.15) is 10.7 Å². The summed E-state index contributed by atoms with van der Waals surface area (Å²) in [5.41, 5.74) is 6.08. The molecule has 0 aliphatic heterocycles. The summed E-state index contributed by atoms with van der Waals surface area (Å²) in [5, 5.41) is 9.21. The SMILES string of the molecule is CC(O)CCN(C)c1nccnc1C(N)=S. The maximum Gasteiger partial charge on any atom is 0.157 e. The average Bonchev–Trinajstić information content (AvgIpc) is 2.25. The minimum Gasteiger partial charge on any atom is -0.393 e. The number of aliphatic hydroxyl groups is 1. The predicted molar refractivity (Wildman–Crippen MR) is 67.5 cm³/mol. The quantitative estimate of drug-likeness (QED) is 0.722. The van der Waals surface area contributed by atoms with Crippen molar-refractivity contribution in [3.63, 3.8) is 0 Å². The van der Waals surface area contributed by atoms with E-state index in [1.807, 2.05) is 11.9 Å². The Kier molecular flexibility index (Phi) is 4.57. The van der Waals surface area contributed by atoms with E-state index in [-0.39, 0.29) is 11.1 Å². The first-order valence-corrected chi connectivity index (χ1v) is 5.43. The van der Waals surface area contributed by atoms with E-state index < -0.39 is 0 Å². The van der Waals surface area contributed by atoms with Crippen LogP contribution in [-0.4, -0.2) is 39.8 Å². The van der Waals surface area contributed by atoms with Gasteiger partial charge in [-0.15, -0.1) is 0 Å². The van der Waals surface area contributed by atoms with Crippen LogP contribution in [0.2, 0.25) is 0 Å². The Morgan fingerprint density at radius 3 is 2.75 bits per heavy atom. The van der Waals surface area contributed by atoms with Gasteiger partial charge in [0.2, 0.25) is 0 Å². The molecule has 0 radical (unpaired) electrons. The van der Waals surface area contributed by atoms with Gasteiger partial charge in [-0.1, -0.05) is 12.2 Å². The molecule has 0 fully saturated rings. The molecule has 0 bridgehead atoms. The van der Waals surface area contributed by atoms with E-state index in [1.54, 1.807) is 19.3 Å². The summed E-state index contributed by atoms with van der Waals surface area (Å²) in [6.45, 7) is 2.42. The number of rotatable bonds is 5. The molecule has 1 aromatic rings. The van der Waals surface area contributed by atoms with Crippen molar-refractivity contribution in [2.75, 3.05) is 18.5 Å². The van der Waals surface area contributed by atoms with E-state index in [1.165, 1.54) is 0 Å². The van der Waals surface area contributed by atoms with Gasteiger partial charge in [-0.3, -0.25) is 0 Å². The zero-order chi connectivity index (χ0) is 12.1. The second-order valence-electron chi connectivity index (χ2n) is 3.65. The maximum absolute atomic E-state index is 9.21. The number of nitrogens with two attached hydrogens (primary N) is 1. The highest BCUT2D eigenvalue weighted by Crippen LogP contribution is 2.13. The number of thiocarbonyl (C=S) groups is 1. The van der Waals surface area contributed by atoms with E-state index in [0.29, 0.717) is 24.5 Å². The number of aliphatic hydroxyl groups excluding tert-OH is 1. The summed E-state index contributed by atoms with van der Waals surface area (Å²) in [7, 11) is 1.87.